The van der Waals surface area contributed by atoms with Gasteiger partial charge in [0, 0.05) is 41.3 Å². The van der Waals surface area contributed by atoms with E-state index < -0.39 is 11.9 Å². The second-order valence-corrected chi connectivity index (χ2v) is 18.6. The Balaban J connectivity index is 0. The predicted molar refractivity (Wildman–Crippen MR) is 23.4 cm³/mol. The van der Waals surface area contributed by atoms with Crippen LogP contribution in [0.2, 0.25) is 0 Å². The zero-order valence-electron chi connectivity index (χ0n) is 2.50. The van der Waals surface area contributed by atoms with Gasteiger partial charge in [-0.15, -0.1) is 0 Å². The maximum atomic E-state index is 5.02. The molecule has 0 bridgehead atoms. The summed E-state index contributed by atoms with van der Waals surface area (Å²) in [4.78, 5) is 0. The molecule has 0 aromatic carbocycles. The van der Waals surface area contributed by atoms with Gasteiger partial charge < -0.3 is 0 Å². The molecule has 0 saturated carbocycles. The van der Waals surface area contributed by atoms with Crippen LogP contribution in [0.4, 0.5) is 0 Å². The minimum absolute atomic E-state index is 0. The average molecular weight is 379 g/mol. The molecular weight excluding hydrogens is 379 g/mol. The molecule has 0 aliphatic rings. The SMILES string of the molecule is [Cl][Mo]([Cl])([Cl])[Cl].[Pr]. The molecule has 1 radical (unpaired) electrons. The van der Waals surface area contributed by atoms with Gasteiger partial charge in [-0.2, -0.15) is 0 Å². The first kappa shape index (κ1) is 11.9. The van der Waals surface area contributed by atoms with Gasteiger partial charge in [0.15, 0.2) is 0 Å². The summed E-state index contributed by atoms with van der Waals surface area (Å²) < 4.78 is 0. The second-order valence-electron chi connectivity index (χ2n) is 0.350. The van der Waals surface area contributed by atoms with Crippen LogP contribution < -0.4 is 0 Å². The van der Waals surface area contributed by atoms with Crippen molar-refractivity contribution in [2.75, 3.05) is 0 Å². The number of hydrogen-bond acceptors (Lipinski definition) is 0. The van der Waals surface area contributed by atoms with Gasteiger partial charge in [-0.1, -0.05) is 0 Å². The van der Waals surface area contributed by atoms with E-state index in [1.807, 2.05) is 0 Å². The zero-order chi connectivity index (χ0) is 4.50. The fourth-order valence-corrected chi connectivity index (χ4v) is 0. The van der Waals surface area contributed by atoms with Gasteiger partial charge in [-0.05, 0) is 0 Å². The van der Waals surface area contributed by atoms with Crippen LogP contribution in [-0.4, -0.2) is 0 Å². The van der Waals surface area contributed by atoms with Gasteiger partial charge >= 0.3 is 49.6 Å². The average Bonchev–Trinajstić information content (AvgIpc) is 0.722. The Morgan fingerprint density at radius 1 is 0.833 bits per heavy atom. The Bertz CT molecular complexity index is 23.0. The predicted octanol–water partition coefficient (Wildman–Crippen LogP) is 2.76. The Labute approximate surface area is 88.7 Å². The monoisotopic (exact) mass is 379 g/mol. The van der Waals surface area contributed by atoms with E-state index in [2.05, 4.69) is 0 Å². The first-order chi connectivity index (χ1) is 2.00. The largest absolute Gasteiger partial charge is 0 e. The van der Waals surface area contributed by atoms with E-state index in [0.29, 0.717) is 0 Å². The van der Waals surface area contributed by atoms with Crippen LogP contribution in [0.3, 0.4) is 0 Å². The molecule has 0 aromatic heterocycles. The summed E-state index contributed by atoms with van der Waals surface area (Å²) in [6.45, 7) is 0. The van der Waals surface area contributed by atoms with Crippen molar-refractivity contribution in [2.45, 2.75) is 0 Å². The molecule has 0 N–H and O–H groups in total. The summed E-state index contributed by atoms with van der Waals surface area (Å²) >= 11 is -3.13. The van der Waals surface area contributed by atoms with Crippen molar-refractivity contribution in [1.29, 1.82) is 0 Å². The van der Waals surface area contributed by atoms with Crippen LogP contribution in [0.1, 0.15) is 0 Å². The molecule has 0 saturated heterocycles. The number of hydrogen-bond donors (Lipinski definition) is 0. The van der Waals surface area contributed by atoms with E-state index >= 15 is 0 Å². The van der Waals surface area contributed by atoms with Crippen molar-refractivity contribution < 1.29 is 53.2 Å². The first-order valence-electron chi connectivity index (χ1n) is 0.617. The molecule has 37 valence electrons. The van der Waals surface area contributed by atoms with Crippen molar-refractivity contribution in [1.82, 2.24) is 0 Å². The molecule has 0 fully saturated rings. The molecule has 0 rings (SSSR count). The maximum absolute atomic E-state index is 5.02. The zero-order valence-corrected chi connectivity index (χ0v) is 11.2. The van der Waals surface area contributed by atoms with E-state index in [4.69, 9.17) is 37.7 Å². The van der Waals surface area contributed by atoms with E-state index in [-0.39, 0.29) is 41.3 Å². The maximum Gasteiger partial charge on any atom is 0 e. The van der Waals surface area contributed by atoms with Gasteiger partial charge in [0.1, 0.15) is 0 Å². The van der Waals surface area contributed by atoms with Crippen LogP contribution in [0.15, 0.2) is 0 Å². The smallest absolute Gasteiger partial charge is 0 e. The summed E-state index contributed by atoms with van der Waals surface area (Å²) in [5.74, 6) is 0. The molecule has 0 heterocycles. The molecule has 0 atom stereocenters. The molecule has 0 aromatic rings. The summed E-state index contributed by atoms with van der Waals surface area (Å²) in [6, 6.07) is 0. The minimum Gasteiger partial charge on any atom is 0 e. The Morgan fingerprint density at radius 3 is 0.833 bits per heavy atom. The van der Waals surface area contributed by atoms with Gasteiger partial charge in [0.25, 0.3) is 0 Å². The minimum atomic E-state index is -3.13. The van der Waals surface area contributed by atoms with Gasteiger partial charge in [-0.3, -0.25) is 0 Å². The third-order valence-electron chi connectivity index (χ3n) is 0. The molecule has 0 spiro atoms. The van der Waals surface area contributed by atoms with Crippen molar-refractivity contribution in [3.63, 3.8) is 0 Å². The van der Waals surface area contributed by atoms with Gasteiger partial charge in [0.2, 0.25) is 0 Å². The van der Waals surface area contributed by atoms with Crippen LogP contribution in [-0.2, 0) is 11.9 Å². The summed E-state index contributed by atoms with van der Waals surface area (Å²) in [7, 11) is 20.1. The van der Waals surface area contributed by atoms with Crippen molar-refractivity contribution in [3.8, 4) is 0 Å². The Morgan fingerprint density at radius 2 is 0.833 bits per heavy atom. The summed E-state index contributed by atoms with van der Waals surface area (Å²) in [5.41, 5.74) is 0. The van der Waals surface area contributed by atoms with Crippen molar-refractivity contribution >= 4 is 37.7 Å². The number of rotatable bonds is 0. The normalized spacial score (nSPS) is 12.7. The summed E-state index contributed by atoms with van der Waals surface area (Å²) in [6.07, 6.45) is 0. The molecule has 6 heteroatoms. The quantitative estimate of drug-likeness (QED) is 0.569. The van der Waals surface area contributed by atoms with E-state index in [1.165, 1.54) is 0 Å². The molecule has 0 aliphatic heterocycles. The molecular formula is Cl4MoPr. The topological polar surface area (TPSA) is 0 Å². The van der Waals surface area contributed by atoms with E-state index in [9.17, 15) is 0 Å². The molecule has 6 heavy (non-hydrogen) atoms. The van der Waals surface area contributed by atoms with Crippen LogP contribution >= 0.6 is 37.7 Å². The molecule has 0 amide bonds. The fraction of sp³-hybridized carbons (Fsp3) is 0. The Hall–Kier alpha value is 3.21. The van der Waals surface area contributed by atoms with Crippen LogP contribution in [0.25, 0.3) is 0 Å². The standard InChI is InChI=1S/4ClH.Mo.Pr/h4*1H;;/q;;;;+4;/p-4. The van der Waals surface area contributed by atoms with Crippen molar-refractivity contribution in [3.05, 3.63) is 0 Å². The van der Waals surface area contributed by atoms with E-state index in [0.717, 1.165) is 0 Å². The summed E-state index contributed by atoms with van der Waals surface area (Å²) in [5, 5.41) is 0. The van der Waals surface area contributed by atoms with Crippen LogP contribution in [0, 0.1) is 41.3 Å². The second kappa shape index (κ2) is 5.03. The third kappa shape index (κ3) is 27.0. The van der Waals surface area contributed by atoms with Gasteiger partial charge in [0.05, 0.1) is 0 Å². The first-order valence-corrected chi connectivity index (χ1v) is 11.0. The van der Waals surface area contributed by atoms with Crippen molar-refractivity contribution in [2.24, 2.45) is 0 Å². The number of halogens is 4. The molecule has 0 unspecified atom stereocenters. The van der Waals surface area contributed by atoms with E-state index in [1.54, 1.807) is 0 Å². The van der Waals surface area contributed by atoms with Gasteiger partial charge in [-0.25, -0.2) is 0 Å². The third-order valence-corrected chi connectivity index (χ3v) is 0. The van der Waals surface area contributed by atoms with Crippen LogP contribution in [0.5, 0.6) is 0 Å². The molecule has 0 aliphatic carbocycles. The molecule has 0 nitrogen and oxygen atoms in total. The fourth-order valence-electron chi connectivity index (χ4n) is 0. The Kier molecular flexibility index (Phi) is 10.0.